The summed E-state index contributed by atoms with van der Waals surface area (Å²) in [6.45, 7) is 17.0. The van der Waals surface area contributed by atoms with Gasteiger partial charge >= 0.3 is 0 Å². The lowest BCUT2D eigenvalue weighted by atomic mass is 9.70. The van der Waals surface area contributed by atoms with Crippen molar-refractivity contribution in [1.82, 2.24) is 0 Å². The van der Waals surface area contributed by atoms with Crippen molar-refractivity contribution in [1.29, 1.82) is 0 Å². The van der Waals surface area contributed by atoms with Gasteiger partial charge in [-0.15, -0.1) is 0 Å². The highest BCUT2D eigenvalue weighted by Gasteiger charge is 2.41. The van der Waals surface area contributed by atoms with Gasteiger partial charge in [-0.1, -0.05) is 86.3 Å². The summed E-state index contributed by atoms with van der Waals surface area (Å²) in [5.41, 5.74) is 0.531. The Labute approximate surface area is 141 Å². The molecule has 1 saturated carbocycles. The van der Waals surface area contributed by atoms with E-state index in [0.717, 1.165) is 29.6 Å². The Bertz CT molecular complexity index is 329. The largest absolute Gasteiger partial charge is 0.0854 e. The first kappa shape index (κ1) is 19.8. The van der Waals surface area contributed by atoms with E-state index in [9.17, 15) is 0 Å². The lowest BCUT2D eigenvalue weighted by Crippen LogP contribution is -2.26. The molecule has 0 nitrogen and oxygen atoms in total. The van der Waals surface area contributed by atoms with Crippen LogP contribution in [0, 0.1) is 35.0 Å². The molecule has 22 heavy (non-hydrogen) atoms. The molecule has 0 aromatic rings. The van der Waals surface area contributed by atoms with Gasteiger partial charge < -0.3 is 0 Å². The summed E-state index contributed by atoms with van der Waals surface area (Å²) in [5, 5.41) is 0. The third-order valence-corrected chi connectivity index (χ3v) is 6.45. The van der Waals surface area contributed by atoms with Crippen molar-refractivity contribution in [3.8, 4) is 0 Å². The minimum atomic E-state index is 0.531. The fourth-order valence-corrected chi connectivity index (χ4v) is 4.50. The van der Waals surface area contributed by atoms with Crippen LogP contribution >= 0.6 is 0 Å². The Kier molecular flexibility index (Phi) is 8.22. The van der Waals surface area contributed by atoms with Crippen molar-refractivity contribution in [2.45, 2.75) is 93.4 Å². The maximum absolute atomic E-state index is 2.58. The third-order valence-electron chi connectivity index (χ3n) is 6.45. The second-order valence-corrected chi connectivity index (χ2v) is 8.88. The molecule has 0 aliphatic heterocycles. The number of allylic oxidation sites excluding steroid dienone is 2. The molecular formula is C22H42. The number of hydrogen-bond acceptors (Lipinski definition) is 0. The molecule has 0 bridgehead atoms. The molecule has 1 fully saturated rings. The highest BCUT2D eigenvalue weighted by Crippen LogP contribution is 2.51. The Balaban J connectivity index is 2.68. The molecule has 0 radical (unpaired) electrons. The van der Waals surface area contributed by atoms with Gasteiger partial charge in [-0.2, -0.15) is 0 Å². The normalized spacial score (nSPS) is 33.2. The van der Waals surface area contributed by atoms with Crippen LogP contribution in [0.5, 0.6) is 0 Å². The molecule has 1 aliphatic rings. The van der Waals surface area contributed by atoms with Crippen LogP contribution in [0.1, 0.15) is 93.4 Å². The molecule has 0 aromatic carbocycles. The van der Waals surface area contributed by atoms with Crippen molar-refractivity contribution in [3.63, 3.8) is 0 Å². The molecule has 0 heterocycles. The molecule has 0 saturated heterocycles. The van der Waals surface area contributed by atoms with E-state index in [1.54, 1.807) is 0 Å². The van der Waals surface area contributed by atoms with Gasteiger partial charge in [-0.25, -0.2) is 0 Å². The molecule has 1 rings (SSSR count). The zero-order valence-electron chi connectivity index (χ0n) is 16.5. The lowest BCUT2D eigenvalue weighted by Gasteiger charge is -2.35. The van der Waals surface area contributed by atoms with Crippen LogP contribution in [0.15, 0.2) is 12.2 Å². The van der Waals surface area contributed by atoms with Crippen LogP contribution in [-0.4, -0.2) is 0 Å². The summed E-state index contributed by atoms with van der Waals surface area (Å²) in [6.07, 6.45) is 14.7. The van der Waals surface area contributed by atoms with Crippen LogP contribution in [0.4, 0.5) is 0 Å². The molecule has 0 N–H and O–H groups in total. The molecule has 1 aliphatic carbocycles. The van der Waals surface area contributed by atoms with Gasteiger partial charge in [-0.05, 0) is 54.3 Å². The first-order chi connectivity index (χ1) is 10.3. The van der Waals surface area contributed by atoms with E-state index in [0.29, 0.717) is 5.41 Å². The average Bonchev–Trinajstić information content (AvgIpc) is 2.75. The van der Waals surface area contributed by atoms with E-state index >= 15 is 0 Å². The number of rotatable bonds is 9. The molecule has 0 spiro atoms. The summed E-state index contributed by atoms with van der Waals surface area (Å²) >= 11 is 0. The van der Waals surface area contributed by atoms with Gasteiger partial charge in [0.25, 0.3) is 0 Å². The van der Waals surface area contributed by atoms with Crippen molar-refractivity contribution < 1.29 is 0 Å². The van der Waals surface area contributed by atoms with Crippen molar-refractivity contribution in [2.24, 2.45) is 35.0 Å². The predicted octanol–water partition coefficient (Wildman–Crippen LogP) is 7.49. The number of hydrogen-bond donors (Lipinski definition) is 0. The monoisotopic (exact) mass is 306 g/mol. The quantitative estimate of drug-likeness (QED) is 0.387. The fourth-order valence-electron chi connectivity index (χ4n) is 4.50. The summed E-state index contributed by atoms with van der Waals surface area (Å²) in [6, 6.07) is 0. The minimum Gasteiger partial charge on any atom is -0.0854 e. The molecule has 130 valence electrons. The second kappa shape index (κ2) is 9.14. The Morgan fingerprint density at radius 2 is 1.82 bits per heavy atom. The fraction of sp³-hybridized carbons (Fsp3) is 0.909. The van der Waals surface area contributed by atoms with Crippen molar-refractivity contribution in [2.75, 3.05) is 0 Å². The molecular weight excluding hydrogens is 264 g/mol. The van der Waals surface area contributed by atoms with Crippen LogP contribution < -0.4 is 0 Å². The second-order valence-electron chi connectivity index (χ2n) is 8.88. The summed E-state index contributed by atoms with van der Waals surface area (Å²) in [7, 11) is 0. The van der Waals surface area contributed by atoms with Gasteiger partial charge in [0, 0.05) is 0 Å². The van der Waals surface area contributed by atoms with E-state index in [4.69, 9.17) is 0 Å². The first-order valence-electron chi connectivity index (χ1n) is 10.0. The van der Waals surface area contributed by atoms with Crippen LogP contribution in [-0.2, 0) is 0 Å². The molecule has 6 atom stereocenters. The Morgan fingerprint density at radius 3 is 2.41 bits per heavy atom. The summed E-state index contributed by atoms with van der Waals surface area (Å²) in [4.78, 5) is 0. The highest BCUT2D eigenvalue weighted by atomic mass is 14.5. The number of unbranched alkanes of at least 4 members (excludes halogenated alkanes) is 1. The predicted molar refractivity (Wildman–Crippen MR) is 101 cm³/mol. The van der Waals surface area contributed by atoms with Gasteiger partial charge in [0.05, 0.1) is 0 Å². The highest BCUT2D eigenvalue weighted by molar-refractivity contribution is 5.04. The first-order valence-corrected chi connectivity index (χ1v) is 10.0. The van der Waals surface area contributed by atoms with E-state index in [-0.39, 0.29) is 0 Å². The van der Waals surface area contributed by atoms with E-state index < -0.39 is 0 Å². The lowest BCUT2D eigenvalue weighted by molar-refractivity contribution is 0.170. The van der Waals surface area contributed by atoms with Crippen LogP contribution in [0.25, 0.3) is 0 Å². The standard InChI is InChI=1S/C22H42/c1-8-10-11-19(5)20(6)16-22(7)15-18(4)14-21(22)13-12-17(3)9-2/h12-13,17-21H,8-11,14-16H2,1-7H3. The molecule has 0 aromatic heterocycles. The van der Waals surface area contributed by atoms with E-state index in [1.165, 1.54) is 44.9 Å². The van der Waals surface area contributed by atoms with Gasteiger partial charge in [0.15, 0.2) is 0 Å². The van der Waals surface area contributed by atoms with Crippen LogP contribution in [0.3, 0.4) is 0 Å². The van der Waals surface area contributed by atoms with Crippen LogP contribution in [0.2, 0.25) is 0 Å². The molecule has 6 unspecified atom stereocenters. The van der Waals surface area contributed by atoms with E-state index in [2.05, 4.69) is 60.6 Å². The van der Waals surface area contributed by atoms with Crippen molar-refractivity contribution in [3.05, 3.63) is 12.2 Å². The minimum absolute atomic E-state index is 0.531. The molecule has 0 heteroatoms. The van der Waals surface area contributed by atoms with E-state index in [1.807, 2.05) is 0 Å². The zero-order chi connectivity index (χ0) is 16.8. The zero-order valence-corrected chi connectivity index (χ0v) is 16.5. The SMILES string of the molecule is CCCCC(C)C(C)CC1(C)CC(C)CC1C=CC(C)CC. The van der Waals surface area contributed by atoms with Gasteiger partial charge in [0.2, 0.25) is 0 Å². The average molecular weight is 307 g/mol. The molecule has 0 amide bonds. The van der Waals surface area contributed by atoms with Gasteiger partial charge in [-0.3, -0.25) is 0 Å². The van der Waals surface area contributed by atoms with Gasteiger partial charge in [0.1, 0.15) is 0 Å². The maximum Gasteiger partial charge on any atom is -0.0177 e. The third kappa shape index (κ3) is 5.74. The van der Waals surface area contributed by atoms with Crippen molar-refractivity contribution >= 4 is 0 Å². The maximum atomic E-state index is 2.58. The Hall–Kier alpha value is -0.260. The topological polar surface area (TPSA) is 0 Å². The summed E-state index contributed by atoms with van der Waals surface area (Å²) in [5.74, 6) is 4.18. The smallest absolute Gasteiger partial charge is 0.0177 e. The Morgan fingerprint density at radius 1 is 1.14 bits per heavy atom. The summed E-state index contributed by atoms with van der Waals surface area (Å²) < 4.78 is 0.